The fraction of sp³-hybridized carbons (Fsp3) is 0.100. The number of nitrogens with zero attached hydrogens (tertiary/aromatic N) is 1. The molecule has 0 bridgehead atoms. The van der Waals surface area contributed by atoms with Gasteiger partial charge in [0.2, 0.25) is 0 Å². The molecule has 2 nitrogen and oxygen atoms in total. The topological polar surface area (TPSA) is 38.9 Å². The van der Waals surface area contributed by atoms with Crippen molar-refractivity contribution in [3.05, 3.63) is 52.8 Å². The van der Waals surface area contributed by atoms with Crippen molar-refractivity contribution in [2.24, 2.45) is 5.73 Å². The molecule has 2 N–H and O–H groups in total. The SMILES string of the molecule is NC(c1ccc(F)cc1)c1ccsn1. The minimum absolute atomic E-state index is 0.251. The van der Waals surface area contributed by atoms with Gasteiger partial charge in [-0.2, -0.15) is 4.37 Å². The van der Waals surface area contributed by atoms with Crippen molar-refractivity contribution in [3.8, 4) is 0 Å². The maximum absolute atomic E-state index is 12.6. The van der Waals surface area contributed by atoms with Crippen LogP contribution in [-0.2, 0) is 0 Å². The summed E-state index contributed by atoms with van der Waals surface area (Å²) in [7, 11) is 0. The van der Waals surface area contributed by atoms with E-state index in [9.17, 15) is 4.39 Å². The average Bonchev–Trinajstić information content (AvgIpc) is 2.71. The van der Waals surface area contributed by atoms with E-state index in [0.29, 0.717) is 0 Å². The molecule has 72 valence electrons. The molecular formula is C10H9FN2S. The highest BCUT2D eigenvalue weighted by Crippen LogP contribution is 2.18. The highest BCUT2D eigenvalue weighted by Gasteiger charge is 2.10. The van der Waals surface area contributed by atoms with Crippen molar-refractivity contribution in [2.45, 2.75) is 6.04 Å². The second-order valence-electron chi connectivity index (χ2n) is 2.95. The molecule has 0 amide bonds. The molecule has 2 aromatic rings. The van der Waals surface area contributed by atoms with Gasteiger partial charge in [0.05, 0.1) is 11.7 Å². The van der Waals surface area contributed by atoms with E-state index in [2.05, 4.69) is 4.37 Å². The van der Waals surface area contributed by atoms with Gasteiger partial charge < -0.3 is 5.73 Å². The molecule has 0 spiro atoms. The van der Waals surface area contributed by atoms with E-state index in [-0.39, 0.29) is 11.9 Å². The number of hydrogen-bond acceptors (Lipinski definition) is 3. The Balaban J connectivity index is 2.28. The van der Waals surface area contributed by atoms with E-state index >= 15 is 0 Å². The zero-order valence-electron chi connectivity index (χ0n) is 7.35. The summed E-state index contributed by atoms with van der Waals surface area (Å²) < 4.78 is 16.8. The Morgan fingerprint density at radius 3 is 2.50 bits per heavy atom. The quantitative estimate of drug-likeness (QED) is 0.822. The Hall–Kier alpha value is -1.26. The maximum atomic E-state index is 12.6. The second-order valence-corrected chi connectivity index (χ2v) is 3.62. The van der Waals surface area contributed by atoms with Gasteiger partial charge in [-0.15, -0.1) is 0 Å². The molecule has 0 aliphatic carbocycles. The Kier molecular flexibility index (Phi) is 2.56. The van der Waals surface area contributed by atoms with Gasteiger partial charge >= 0.3 is 0 Å². The van der Waals surface area contributed by atoms with Gasteiger partial charge in [0, 0.05) is 5.38 Å². The first-order valence-electron chi connectivity index (χ1n) is 4.18. The smallest absolute Gasteiger partial charge is 0.123 e. The third-order valence-electron chi connectivity index (χ3n) is 2.01. The number of halogens is 1. The standard InChI is InChI=1S/C10H9FN2S/c11-8-3-1-7(2-4-8)10(12)9-5-6-14-13-9/h1-6,10H,12H2. The molecule has 1 aromatic carbocycles. The molecule has 14 heavy (non-hydrogen) atoms. The van der Waals surface area contributed by atoms with Gasteiger partial charge in [-0.25, -0.2) is 4.39 Å². The lowest BCUT2D eigenvalue weighted by atomic mass is 10.1. The summed E-state index contributed by atoms with van der Waals surface area (Å²) in [6, 6.07) is 7.78. The highest BCUT2D eigenvalue weighted by molar-refractivity contribution is 7.03. The van der Waals surface area contributed by atoms with Crippen LogP contribution in [0.4, 0.5) is 4.39 Å². The highest BCUT2D eigenvalue weighted by atomic mass is 32.1. The zero-order valence-corrected chi connectivity index (χ0v) is 8.17. The zero-order chi connectivity index (χ0) is 9.97. The Bertz CT molecular complexity index is 397. The summed E-state index contributed by atoms with van der Waals surface area (Å²) in [6.07, 6.45) is 0. The molecule has 0 fully saturated rings. The largest absolute Gasteiger partial charge is 0.319 e. The lowest BCUT2D eigenvalue weighted by molar-refractivity contribution is 0.626. The predicted octanol–water partition coefficient (Wildman–Crippen LogP) is 2.33. The van der Waals surface area contributed by atoms with Gasteiger partial charge in [-0.05, 0) is 35.3 Å². The normalized spacial score (nSPS) is 12.7. The monoisotopic (exact) mass is 208 g/mol. The van der Waals surface area contributed by atoms with Crippen molar-refractivity contribution in [3.63, 3.8) is 0 Å². The molecule has 1 unspecified atom stereocenters. The molecule has 2 rings (SSSR count). The van der Waals surface area contributed by atoms with Crippen LogP contribution in [0.1, 0.15) is 17.3 Å². The lowest BCUT2D eigenvalue weighted by Gasteiger charge is -2.08. The van der Waals surface area contributed by atoms with E-state index in [1.807, 2.05) is 11.4 Å². The van der Waals surface area contributed by atoms with Crippen LogP contribution in [0.3, 0.4) is 0 Å². The van der Waals surface area contributed by atoms with Crippen LogP contribution < -0.4 is 5.73 Å². The van der Waals surface area contributed by atoms with Crippen molar-refractivity contribution in [1.29, 1.82) is 0 Å². The van der Waals surface area contributed by atoms with Crippen LogP contribution in [0.5, 0.6) is 0 Å². The number of hydrogen-bond donors (Lipinski definition) is 1. The Labute approximate surface area is 85.4 Å². The fourth-order valence-electron chi connectivity index (χ4n) is 1.22. The third kappa shape index (κ3) is 1.81. The van der Waals surface area contributed by atoms with Crippen LogP contribution in [0.25, 0.3) is 0 Å². The van der Waals surface area contributed by atoms with Gasteiger partial charge in [0.25, 0.3) is 0 Å². The minimum Gasteiger partial charge on any atom is -0.319 e. The van der Waals surface area contributed by atoms with Gasteiger partial charge in [0.15, 0.2) is 0 Å². The summed E-state index contributed by atoms with van der Waals surface area (Å²) in [6.45, 7) is 0. The molecule has 1 heterocycles. The molecule has 1 aromatic heterocycles. The minimum atomic E-state index is -0.262. The molecule has 0 aliphatic heterocycles. The molecular weight excluding hydrogens is 199 g/mol. The number of aromatic nitrogens is 1. The van der Waals surface area contributed by atoms with Crippen molar-refractivity contribution in [1.82, 2.24) is 4.37 Å². The Morgan fingerprint density at radius 1 is 1.21 bits per heavy atom. The molecule has 0 aliphatic rings. The van der Waals surface area contributed by atoms with Crippen LogP contribution in [-0.4, -0.2) is 4.37 Å². The van der Waals surface area contributed by atoms with Crippen LogP contribution in [0, 0.1) is 5.82 Å². The summed E-state index contributed by atoms with van der Waals surface area (Å²) in [4.78, 5) is 0. The maximum Gasteiger partial charge on any atom is 0.123 e. The van der Waals surface area contributed by atoms with E-state index in [4.69, 9.17) is 5.73 Å². The van der Waals surface area contributed by atoms with Crippen LogP contribution in [0.15, 0.2) is 35.7 Å². The first-order valence-corrected chi connectivity index (χ1v) is 5.02. The molecule has 0 saturated carbocycles. The van der Waals surface area contributed by atoms with Gasteiger partial charge in [-0.3, -0.25) is 0 Å². The molecule has 0 radical (unpaired) electrons. The Morgan fingerprint density at radius 2 is 1.93 bits per heavy atom. The van der Waals surface area contributed by atoms with Crippen LogP contribution in [0.2, 0.25) is 0 Å². The summed E-state index contributed by atoms with van der Waals surface area (Å²) in [5.41, 5.74) is 7.63. The summed E-state index contributed by atoms with van der Waals surface area (Å²) in [5.74, 6) is -0.251. The first-order chi connectivity index (χ1) is 6.77. The van der Waals surface area contributed by atoms with E-state index in [1.54, 1.807) is 12.1 Å². The van der Waals surface area contributed by atoms with E-state index in [0.717, 1.165) is 11.3 Å². The van der Waals surface area contributed by atoms with Crippen LogP contribution >= 0.6 is 11.5 Å². The average molecular weight is 208 g/mol. The number of benzene rings is 1. The summed E-state index contributed by atoms with van der Waals surface area (Å²) in [5, 5.41) is 1.87. The van der Waals surface area contributed by atoms with Gasteiger partial charge in [-0.1, -0.05) is 12.1 Å². The molecule has 1 atom stereocenters. The molecule has 4 heteroatoms. The number of rotatable bonds is 2. The first kappa shape index (κ1) is 9.30. The third-order valence-corrected chi connectivity index (χ3v) is 2.58. The predicted molar refractivity (Wildman–Crippen MR) is 54.5 cm³/mol. The number of nitrogens with two attached hydrogens (primary N) is 1. The van der Waals surface area contributed by atoms with E-state index < -0.39 is 0 Å². The lowest BCUT2D eigenvalue weighted by Crippen LogP contribution is -2.11. The summed E-state index contributed by atoms with van der Waals surface area (Å²) >= 11 is 1.36. The fourth-order valence-corrected chi connectivity index (χ4v) is 1.78. The van der Waals surface area contributed by atoms with Crippen molar-refractivity contribution in [2.75, 3.05) is 0 Å². The van der Waals surface area contributed by atoms with Crippen molar-refractivity contribution >= 4 is 11.5 Å². The van der Waals surface area contributed by atoms with Gasteiger partial charge in [0.1, 0.15) is 5.82 Å². The van der Waals surface area contributed by atoms with Crippen molar-refractivity contribution < 1.29 is 4.39 Å². The molecule has 0 saturated heterocycles. The second kappa shape index (κ2) is 3.86. The van der Waals surface area contributed by atoms with E-state index in [1.165, 1.54) is 23.7 Å².